The molecule has 1 saturated heterocycles. The molecule has 1 heterocycles. The van der Waals surface area contributed by atoms with Gasteiger partial charge in [0.15, 0.2) is 0 Å². The molecule has 0 unspecified atom stereocenters. The second-order valence-electron chi connectivity index (χ2n) is 9.02. The molecule has 4 rings (SSSR count). The summed E-state index contributed by atoms with van der Waals surface area (Å²) >= 11 is 0. The Labute approximate surface area is 179 Å². The van der Waals surface area contributed by atoms with Gasteiger partial charge < -0.3 is 10.2 Å². The molecule has 158 valence electrons. The molecule has 2 aromatic carbocycles. The molecule has 0 bridgehead atoms. The lowest BCUT2D eigenvalue weighted by Crippen LogP contribution is -2.45. The van der Waals surface area contributed by atoms with Gasteiger partial charge in [0, 0.05) is 25.6 Å². The largest absolute Gasteiger partial charge is 0.356 e. The Morgan fingerprint density at radius 2 is 1.93 bits per heavy atom. The molecule has 1 N–H and O–H groups in total. The van der Waals surface area contributed by atoms with Crippen LogP contribution >= 0.6 is 0 Å². The number of aryl methyl sites for hydroxylation is 1. The highest BCUT2D eigenvalue weighted by Gasteiger charge is 2.48. The minimum atomic E-state index is -0.556. The van der Waals surface area contributed by atoms with Gasteiger partial charge in [0.1, 0.15) is 0 Å². The van der Waals surface area contributed by atoms with Crippen molar-refractivity contribution >= 4 is 11.8 Å². The number of hydrogen-bond acceptors (Lipinski definition) is 2. The van der Waals surface area contributed by atoms with Crippen molar-refractivity contribution in [3.8, 4) is 11.1 Å². The average Bonchev–Trinajstić information content (AvgIpc) is 3.52. The minimum absolute atomic E-state index is 0.0921. The topological polar surface area (TPSA) is 49.4 Å². The van der Waals surface area contributed by atoms with E-state index in [1.807, 2.05) is 11.0 Å². The molecule has 2 amide bonds. The van der Waals surface area contributed by atoms with Crippen molar-refractivity contribution in [1.82, 2.24) is 10.2 Å². The van der Waals surface area contributed by atoms with Crippen LogP contribution in [0, 0.1) is 18.3 Å². The summed E-state index contributed by atoms with van der Waals surface area (Å²) in [6.45, 7) is 6.06. The van der Waals surface area contributed by atoms with Gasteiger partial charge in [-0.2, -0.15) is 0 Å². The number of nitrogens with zero attached hydrogens (tertiary/aromatic N) is 1. The molecular formula is C26H32N2O2. The third-order valence-electron chi connectivity index (χ3n) is 6.48. The molecule has 0 spiro atoms. The van der Waals surface area contributed by atoms with Gasteiger partial charge in [0.2, 0.25) is 11.8 Å². The van der Waals surface area contributed by atoms with Gasteiger partial charge in [-0.3, -0.25) is 9.59 Å². The Hall–Kier alpha value is -2.62. The van der Waals surface area contributed by atoms with Gasteiger partial charge in [-0.25, -0.2) is 0 Å². The van der Waals surface area contributed by atoms with Crippen LogP contribution in [0.1, 0.15) is 43.7 Å². The first-order valence-corrected chi connectivity index (χ1v) is 11.2. The van der Waals surface area contributed by atoms with E-state index < -0.39 is 5.41 Å². The number of nitrogens with one attached hydrogen (secondary N) is 1. The lowest BCUT2D eigenvalue weighted by molar-refractivity contribution is -0.134. The van der Waals surface area contributed by atoms with E-state index in [1.165, 1.54) is 22.3 Å². The van der Waals surface area contributed by atoms with Crippen LogP contribution in [0.2, 0.25) is 0 Å². The Kier molecular flexibility index (Phi) is 5.94. The van der Waals surface area contributed by atoms with Crippen LogP contribution in [0.3, 0.4) is 0 Å². The second-order valence-corrected chi connectivity index (χ2v) is 9.02. The van der Waals surface area contributed by atoms with Crippen LogP contribution < -0.4 is 5.32 Å². The van der Waals surface area contributed by atoms with Crippen LogP contribution in [0.15, 0.2) is 48.5 Å². The molecule has 4 heteroatoms. The number of hydrogen-bond donors (Lipinski definition) is 1. The maximum atomic E-state index is 13.3. The smallest absolute Gasteiger partial charge is 0.228 e. The predicted octanol–water partition coefficient (Wildman–Crippen LogP) is 4.36. The summed E-state index contributed by atoms with van der Waals surface area (Å²) < 4.78 is 0. The lowest BCUT2D eigenvalue weighted by Gasteiger charge is -2.29. The monoisotopic (exact) mass is 404 g/mol. The normalized spacial score (nSPS) is 20.9. The fourth-order valence-electron chi connectivity index (χ4n) is 4.62. The van der Waals surface area contributed by atoms with Gasteiger partial charge in [-0.05, 0) is 55.7 Å². The zero-order valence-electron chi connectivity index (χ0n) is 18.1. The third-order valence-corrected chi connectivity index (χ3v) is 6.48. The van der Waals surface area contributed by atoms with E-state index in [0.717, 1.165) is 25.7 Å². The first-order chi connectivity index (χ1) is 14.5. The first kappa shape index (κ1) is 20.6. The zero-order valence-corrected chi connectivity index (χ0v) is 18.1. The first-order valence-electron chi connectivity index (χ1n) is 11.2. The van der Waals surface area contributed by atoms with Crippen molar-refractivity contribution in [3.63, 3.8) is 0 Å². The SMILES string of the molecule is CCCNC(=O)[C@]1(Cc2ccccc2-c2cccc(C)c2)CCN(C(=O)C2CC2)C1. The Balaban J connectivity index is 1.64. The van der Waals surface area contributed by atoms with E-state index in [4.69, 9.17) is 0 Å². The molecule has 0 aromatic heterocycles. The molecule has 1 aliphatic heterocycles. The van der Waals surface area contributed by atoms with Crippen molar-refractivity contribution in [1.29, 1.82) is 0 Å². The molecule has 2 aliphatic rings. The standard InChI is InChI=1S/C26H32N2O2/c1-3-14-27-25(30)26(13-15-28(18-26)24(29)20-11-12-20)17-22-8-4-5-10-23(22)21-9-6-7-19(2)16-21/h4-10,16,20H,3,11-15,17-18H2,1-2H3,(H,27,30)/t26-/m0/s1. The van der Waals surface area contributed by atoms with Crippen LogP contribution in [-0.2, 0) is 16.0 Å². The molecule has 1 aliphatic carbocycles. The number of likely N-dealkylation sites (tertiary alicyclic amines) is 1. The summed E-state index contributed by atoms with van der Waals surface area (Å²) in [4.78, 5) is 28.0. The third kappa shape index (κ3) is 4.28. The van der Waals surface area contributed by atoms with Crippen LogP contribution in [0.25, 0.3) is 11.1 Å². The molecule has 2 fully saturated rings. The highest BCUT2D eigenvalue weighted by Crippen LogP contribution is 2.40. The summed E-state index contributed by atoms with van der Waals surface area (Å²) in [6, 6.07) is 16.9. The number of benzene rings is 2. The van der Waals surface area contributed by atoms with Gasteiger partial charge in [-0.15, -0.1) is 0 Å². The molecule has 1 atom stereocenters. The minimum Gasteiger partial charge on any atom is -0.356 e. The average molecular weight is 405 g/mol. The molecule has 4 nitrogen and oxygen atoms in total. The summed E-state index contributed by atoms with van der Waals surface area (Å²) in [6.07, 6.45) is 4.29. The fourth-order valence-corrected chi connectivity index (χ4v) is 4.62. The van der Waals surface area contributed by atoms with Crippen molar-refractivity contribution in [2.75, 3.05) is 19.6 Å². The highest BCUT2D eigenvalue weighted by atomic mass is 16.2. The lowest BCUT2D eigenvalue weighted by atomic mass is 9.78. The maximum Gasteiger partial charge on any atom is 0.228 e. The molecular weight excluding hydrogens is 372 g/mol. The van der Waals surface area contributed by atoms with Gasteiger partial charge >= 0.3 is 0 Å². The number of rotatable bonds is 7. The number of carbonyl (C=O) groups is 2. The molecule has 2 aromatic rings. The Morgan fingerprint density at radius 1 is 1.13 bits per heavy atom. The maximum absolute atomic E-state index is 13.3. The fraction of sp³-hybridized carbons (Fsp3) is 0.462. The van der Waals surface area contributed by atoms with Gasteiger partial charge in [-0.1, -0.05) is 61.0 Å². The van der Waals surface area contributed by atoms with Gasteiger partial charge in [0.05, 0.1) is 5.41 Å². The predicted molar refractivity (Wildman–Crippen MR) is 120 cm³/mol. The second kappa shape index (κ2) is 8.63. The summed E-state index contributed by atoms with van der Waals surface area (Å²) in [5.41, 5.74) is 4.20. The van der Waals surface area contributed by atoms with Crippen molar-refractivity contribution in [2.24, 2.45) is 11.3 Å². The van der Waals surface area contributed by atoms with E-state index in [1.54, 1.807) is 0 Å². The van der Waals surface area contributed by atoms with E-state index in [0.29, 0.717) is 26.1 Å². The quantitative estimate of drug-likeness (QED) is 0.745. The number of amides is 2. The van der Waals surface area contributed by atoms with E-state index in [2.05, 4.69) is 61.6 Å². The molecule has 30 heavy (non-hydrogen) atoms. The molecule has 0 radical (unpaired) electrons. The van der Waals surface area contributed by atoms with Crippen molar-refractivity contribution < 1.29 is 9.59 Å². The Bertz CT molecular complexity index is 934. The molecule has 1 saturated carbocycles. The van der Waals surface area contributed by atoms with Crippen LogP contribution in [-0.4, -0.2) is 36.3 Å². The van der Waals surface area contributed by atoms with E-state index in [-0.39, 0.29) is 17.7 Å². The van der Waals surface area contributed by atoms with Crippen LogP contribution in [0.5, 0.6) is 0 Å². The summed E-state index contributed by atoms with van der Waals surface area (Å²) in [5.74, 6) is 0.528. The summed E-state index contributed by atoms with van der Waals surface area (Å²) in [7, 11) is 0. The highest BCUT2D eigenvalue weighted by molar-refractivity contribution is 5.87. The van der Waals surface area contributed by atoms with E-state index >= 15 is 0 Å². The Morgan fingerprint density at radius 3 is 2.67 bits per heavy atom. The zero-order chi connectivity index (χ0) is 21.1. The van der Waals surface area contributed by atoms with E-state index in [9.17, 15) is 9.59 Å². The van der Waals surface area contributed by atoms with Crippen molar-refractivity contribution in [3.05, 3.63) is 59.7 Å². The van der Waals surface area contributed by atoms with Gasteiger partial charge in [0.25, 0.3) is 0 Å². The number of carbonyl (C=O) groups excluding carboxylic acids is 2. The van der Waals surface area contributed by atoms with Crippen molar-refractivity contribution in [2.45, 2.75) is 46.0 Å². The van der Waals surface area contributed by atoms with Crippen LogP contribution in [0.4, 0.5) is 0 Å². The summed E-state index contributed by atoms with van der Waals surface area (Å²) in [5, 5.41) is 3.13.